The third kappa shape index (κ3) is 3.24. The Labute approximate surface area is 144 Å². The Balaban J connectivity index is 1.90. The molecule has 7 heteroatoms. The SMILES string of the molecule is CC(C)(C)OC(=O)n1cc(B2OC(C)(C)C(C)(C)O2)c(C2CC2)n1. The molecule has 1 aliphatic carbocycles. The van der Waals surface area contributed by atoms with Crippen LogP contribution in [0.25, 0.3) is 0 Å². The third-order valence-electron chi connectivity index (χ3n) is 4.82. The van der Waals surface area contributed by atoms with Gasteiger partial charge in [0.05, 0.1) is 16.9 Å². The Morgan fingerprint density at radius 3 is 2.25 bits per heavy atom. The summed E-state index contributed by atoms with van der Waals surface area (Å²) in [4.78, 5) is 12.3. The predicted octanol–water partition coefficient (Wildman–Crippen LogP) is 2.84. The zero-order valence-electron chi connectivity index (χ0n) is 15.7. The minimum absolute atomic E-state index is 0.378. The van der Waals surface area contributed by atoms with Crippen LogP contribution in [0.4, 0.5) is 4.79 Å². The van der Waals surface area contributed by atoms with Crippen LogP contribution >= 0.6 is 0 Å². The van der Waals surface area contributed by atoms with Crippen LogP contribution in [0.15, 0.2) is 6.20 Å². The van der Waals surface area contributed by atoms with Crippen molar-refractivity contribution in [3.8, 4) is 0 Å². The van der Waals surface area contributed by atoms with Crippen molar-refractivity contribution in [3.63, 3.8) is 0 Å². The lowest BCUT2D eigenvalue weighted by Crippen LogP contribution is -2.41. The van der Waals surface area contributed by atoms with E-state index in [4.69, 9.17) is 14.0 Å². The molecule has 0 amide bonds. The van der Waals surface area contributed by atoms with E-state index in [0.717, 1.165) is 24.0 Å². The number of aromatic nitrogens is 2. The fraction of sp³-hybridized carbons (Fsp3) is 0.765. The second-order valence-electron chi connectivity index (χ2n) is 8.76. The Bertz CT molecular complexity index is 640. The van der Waals surface area contributed by atoms with Crippen LogP contribution in [-0.2, 0) is 14.0 Å². The number of nitrogens with zero attached hydrogens (tertiary/aromatic N) is 2. The maximum Gasteiger partial charge on any atom is 0.498 e. The molecule has 0 radical (unpaired) electrons. The molecule has 0 bridgehead atoms. The van der Waals surface area contributed by atoms with E-state index in [0.29, 0.717) is 5.92 Å². The molecule has 3 rings (SSSR count). The van der Waals surface area contributed by atoms with Crippen molar-refractivity contribution < 1.29 is 18.8 Å². The fourth-order valence-electron chi connectivity index (χ4n) is 2.63. The minimum Gasteiger partial charge on any atom is -0.442 e. The average molecular weight is 334 g/mol. The van der Waals surface area contributed by atoms with Gasteiger partial charge in [-0.3, -0.25) is 0 Å². The molecule has 132 valence electrons. The molecular weight excluding hydrogens is 307 g/mol. The first-order chi connectivity index (χ1) is 10.9. The second-order valence-corrected chi connectivity index (χ2v) is 8.76. The second kappa shape index (κ2) is 5.33. The van der Waals surface area contributed by atoms with Crippen molar-refractivity contribution in [2.45, 2.75) is 84.0 Å². The van der Waals surface area contributed by atoms with Crippen molar-refractivity contribution in [2.75, 3.05) is 0 Å². The first kappa shape index (κ1) is 17.5. The predicted molar refractivity (Wildman–Crippen MR) is 91.6 cm³/mol. The largest absolute Gasteiger partial charge is 0.498 e. The molecule has 2 fully saturated rings. The van der Waals surface area contributed by atoms with Crippen LogP contribution < -0.4 is 5.46 Å². The van der Waals surface area contributed by atoms with Crippen LogP contribution in [0, 0.1) is 0 Å². The van der Waals surface area contributed by atoms with Gasteiger partial charge in [-0.05, 0) is 61.3 Å². The van der Waals surface area contributed by atoms with E-state index in [1.165, 1.54) is 4.68 Å². The van der Waals surface area contributed by atoms with E-state index >= 15 is 0 Å². The zero-order valence-corrected chi connectivity index (χ0v) is 15.7. The van der Waals surface area contributed by atoms with Gasteiger partial charge >= 0.3 is 13.2 Å². The standard InChI is InChI=1S/C17H27BN2O4/c1-15(2,3)22-14(21)20-10-12(13(19-20)11-8-9-11)18-23-16(4,5)17(6,7)24-18/h10-11H,8-9H2,1-7H3. The van der Waals surface area contributed by atoms with Crippen LogP contribution in [0.1, 0.15) is 72.9 Å². The Kier molecular flexibility index (Phi) is 3.88. The first-order valence-corrected chi connectivity index (χ1v) is 8.58. The summed E-state index contributed by atoms with van der Waals surface area (Å²) < 4.78 is 19.0. The van der Waals surface area contributed by atoms with E-state index in [-0.39, 0.29) is 0 Å². The summed E-state index contributed by atoms with van der Waals surface area (Å²) in [6.07, 6.45) is 3.38. The summed E-state index contributed by atoms with van der Waals surface area (Å²) in [6.45, 7) is 13.6. The quantitative estimate of drug-likeness (QED) is 0.778. The van der Waals surface area contributed by atoms with Crippen molar-refractivity contribution in [1.29, 1.82) is 0 Å². The lowest BCUT2D eigenvalue weighted by Gasteiger charge is -2.32. The smallest absolute Gasteiger partial charge is 0.442 e. The first-order valence-electron chi connectivity index (χ1n) is 8.58. The van der Waals surface area contributed by atoms with Gasteiger partial charge in [0.25, 0.3) is 0 Å². The Morgan fingerprint density at radius 1 is 1.25 bits per heavy atom. The molecular formula is C17H27BN2O4. The van der Waals surface area contributed by atoms with Gasteiger partial charge in [-0.1, -0.05) is 0 Å². The summed E-state index contributed by atoms with van der Waals surface area (Å²) in [5, 5.41) is 4.48. The highest BCUT2D eigenvalue weighted by Gasteiger charge is 2.53. The van der Waals surface area contributed by atoms with E-state index in [2.05, 4.69) is 5.10 Å². The Morgan fingerprint density at radius 2 is 1.79 bits per heavy atom. The molecule has 1 aromatic rings. The molecule has 2 aliphatic rings. The van der Waals surface area contributed by atoms with Crippen LogP contribution in [0.3, 0.4) is 0 Å². The highest BCUT2D eigenvalue weighted by molar-refractivity contribution is 6.62. The number of hydrogen-bond donors (Lipinski definition) is 0. The van der Waals surface area contributed by atoms with Crippen molar-refractivity contribution in [3.05, 3.63) is 11.9 Å². The average Bonchev–Trinajstić information content (AvgIpc) is 3.08. The van der Waals surface area contributed by atoms with E-state index in [1.807, 2.05) is 48.5 Å². The molecule has 0 unspecified atom stereocenters. The monoisotopic (exact) mass is 334 g/mol. The van der Waals surface area contributed by atoms with E-state index in [9.17, 15) is 4.79 Å². The highest BCUT2D eigenvalue weighted by atomic mass is 16.7. The third-order valence-corrected chi connectivity index (χ3v) is 4.82. The van der Waals surface area contributed by atoms with Crippen LogP contribution in [0.5, 0.6) is 0 Å². The number of rotatable bonds is 2. The molecule has 0 N–H and O–H groups in total. The van der Waals surface area contributed by atoms with Gasteiger partial charge in [-0.15, -0.1) is 0 Å². The number of carbonyl (C=O) groups is 1. The molecule has 1 aliphatic heterocycles. The van der Waals surface area contributed by atoms with Gasteiger partial charge in [0, 0.05) is 17.6 Å². The molecule has 0 aromatic carbocycles. The summed E-state index contributed by atoms with van der Waals surface area (Å²) in [5.74, 6) is 0.378. The Hall–Kier alpha value is -1.34. The maximum atomic E-state index is 12.3. The summed E-state index contributed by atoms with van der Waals surface area (Å²) in [6, 6.07) is 0. The lowest BCUT2D eigenvalue weighted by atomic mass is 9.78. The van der Waals surface area contributed by atoms with E-state index < -0.39 is 30.0 Å². The molecule has 2 heterocycles. The fourth-order valence-corrected chi connectivity index (χ4v) is 2.63. The minimum atomic E-state index is -0.562. The molecule has 1 saturated carbocycles. The molecule has 6 nitrogen and oxygen atoms in total. The molecule has 1 saturated heterocycles. The van der Waals surface area contributed by atoms with Gasteiger partial charge in [0.1, 0.15) is 5.60 Å². The summed E-state index contributed by atoms with van der Waals surface area (Å²) >= 11 is 0. The van der Waals surface area contributed by atoms with Gasteiger partial charge in [-0.2, -0.15) is 9.78 Å². The molecule has 0 atom stereocenters. The molecule has 0 spiro atoms. The van der Waals surface area contributed by atoms with Crippen molar-refractivity contribution >= 4 is 18.7 Å². The van der Waals surface area contributed by atoms with Gasteiger partial charge < -0.3 is 14.0 Å². The molecule has 1 aromatic heterocycles. The summed E-state index contributed by atoms with van der Waals surface area (Å²) in [5.41, 5.74) is 0.313. The highest BCUT2D eigenvalue weighted by Crippen LogP contribution is 2.41. The van der Waals surface area contributed by atoms with Gasteiger partial charge in [0.15, 0.2) is 0 Å². The summed E-state index contributed by atoms with van der Waals surface area (Å²) in [7, 11) is -0.512. The van der Waals surface area contributed by atoms with Crippen molar-refractivity contribution in [1.82, 2.24) is 9.78 Å². The van der Waals surface area contributed by atoms with Crippen molar-refractivity contribution in [2.24, 2.45) is 0 Å². The van der Waals surface area contributed by atoms with Gasteiger partial charge in [-0.25, -0.2) is 4.79 Å². The van der Waals surface area contributed by atoms with E-state index in [1.54, 1.807) is 6.20 Å². The number of carbonyl (C=O) groups excluding carboxylic acids is 1. The lowest BCUT2D eigenvalue weighted by molar-refractivity contribution is 0.00578. The van der Waals surface area contributed by atoms with Gasteiger partial charge in [0.2, 0.25) is 0 Å². The topological polar surface area (TPSA) is 62.6 Å². The maximum absolute atomic E-state index is 12.3. The van der Waals surface area contributed by atoms with Crippen LogP contribution in [-0.4, -0.2) is 39.8 Å². The normalized spacial score (nSPS) is 22.7. The molecule has 24 heavy (non-hydrogen) atoms. The number of hydrogen-bond acceptors (Lipinski definition) is 5. The van der Waals surface area contributed by atoms with Crippen LogP contribution in [0.2, 0.25) is 0 Å². The number of ether oxygens (including phenoxy) is 1. The zero-order chi connectivity index (χ0) is 17.9.